The molecule has 0 radical (unpaired) electrons. The maximum Gasteiger partial charge on any atom is 0.224 e. The van der Waals surface area contributed by atoms with Crippen LogP contribution in [0.2, 0.25) is 0 Å². The van der Waals surface area contributed by atoms with Crippen LogP contribution >= 0.6 is 0 Å². The molecule has 3 rings (SSSR count). The molecule has 2 aliphatic heterocycles. The molecule has 132 valence electrons. The summed E-state index contributed by atoms with van der Waals surface area (Å²) in [6.45, 7) is 6.79. The normalized spacial score (nSPS) is 21.9. The zero-order chi connectivity index (χ0) is 16.8. The Bertz CT molecular complexity index is 509. The Hall–Kier alpha value is -1.59. The van der Waals surface area contributed by atoms with E-state index in [2.05, 4.69) is 40.1 Å². The van der Waals surface area contributed by atoms with Crippen LogP contribution in [-0.4, -0.2) is 74.7 Å². The van der Waals surface area contributed by atoms with Crippen molar-refractivity contribution in [2.45, 2.75) is 25.4 Å². The summed E-state index contributed by atoms with van der Waals surface area (Å²) in [4.78, 5) is 19.0. The molecule has 0 aliphatic carbocycles. The molecule has 2 fully saturated rings. The SMILES string of the molecule is CN(CCN1CCN(c2ccccc2)CC1)C(=O)CC1CCCO1. The van der Waals surface area contributed by atoms with Crippen molar-refractivity contribution >= 4 is 11.6 Å². The predicted octanol–water partition coefficient (Wildman–Crippen LogP) is 1.84. The van der Waals surface area contributed by atoms with Gasteiger partial charge in [-0.1, -0.05) is 18.2 Å². The van der Waals surface area contributed by atoms with Crippen LogP contribution in [0.1, 0.15) is 19.3 Å². The number of benzene rings is 1. The molecule has 0 spiro atoms. The number of likely N-dealkylation sites (N-methyl/N-ethyl adjacent to an activating group) is 1. The van der Waals surface area contributed by atoms with E-state index < -0.39 is 0 Å². The lowest BCUT2D eigenvalue weighted by Gasteiger charge is -2.36. The summed E-state index contributed by atoms with van der Waals surface area (Å²) >= 11 is 0. The highest BCUT2D eigenvalue weighted by Gasteiger charge is 2.22. The number of anilines is 1. The van der Waals surface area contributed by atoms with Crippen molar-refractivity contribution in [3.63, 3.8) is 0 Å². The van der Waals surface area contributed by atoms with Crippen molar-refractivity contribution in [2.24, 2.45) is 0 Å². The molecule has 24 heavy (non-hydrogen) atoms. The van der Waals surface area contributed by atoms with Crippen LogP contribution in [-0.2, 0) is 9.53 Å². The molecule has 2 aliphatic rings. The highest BCUT2D eigenvalue weighted by molar-refractivity contribution is 5.76. The fraction of sp³-hybridized carbons (Fsp3) is 0.632. The summed E-state index contributed by atoms with van der Waals surface area (Å²) in [7, 11) is 1.91. The number of amides is 1. The minimum atomic E-state index is 0.148. The minimum Gasteiger partial charge on any atom is -0.378 e. The lowest BCUT2D eigenvalue weighted by molar-refractivity contribution is -0.132. The van der Waals surface area contributed by atoms with Crippen molar-refractivity contribution in [3.05, 3.63) is 30.3 Å². The molecular formula is C19H29N3O2. The number of piperazine rings is 1. The summed E-state index contributed by atoms with van der Waals surface area (Å²) in [6.07, 6.45) is 2.81. The van der Waals surface area contributed by atoms with E-state index in [0.717, 1.165) is 58.7 Å². The second-order valence-corrected chi connectivity index (χ2v) is 6.82. The van der Waals surface area contributed by atoms with Crippen LogP contribution in [0.3, 0.4) is 0 Å². The average Bonchev–Trinajstić information content (AvgIpc) is 3.14. The van der Waals surface area contributed by atoms with Crippen molar-refractivity contribution in [3.8, 4) is 0 Å². The first-order chi connectivity index (χ1) is 11.7. The van der Waals surface area contributed by atoms with Crippen molar-refractivity contribution in [1.82, 2.24) is 9.80 Å². The summed E-state index contributed by atoms with van der Waals surface area (Å²) in [5.74, 6) is 0.213. The fourth-order valence-corrected chi connectivity index (χ4v) is 3.44. The fourth-order valence-electron chi connectivity index (χ4n) is 3.44. The first-order valence-corrected chi connectivity index (χ1v) is 9.10. The van der Waals surface area contributed by atoms with Crippen LogP contribution in [0.15, 0.2) is 30.3 Å². The molecule has 0 bridgehead atoms. The molecule has 1 aromatic carbocycles. The van der Waals surface area contributed by atoms with Crippen LogP contribution in [0, 0.1) is 0 Å². The first kappa shape index (κ1) is 17.2. The molecule has 5 heteroatoms. The van der Waals surface area contributed by atoms with E-state index in [1.54, 1.807) is 0 Å². The van der Waals surface area contributed by atoms with Gasteiger partial charge in [0, 0.05) is 58.6 Å². The van der Waals surface area contributed by atoms with E-state index >= 15 is 0 Å². The molecule has 5 nitrogen and oxygen atoms in total. The van der Waals surface area contributed by atoms with Crippen molar-refractivity contribution < 1.29 is 9.53 Å². The minimum absolute atomic E-state index is 0.148. The quantitative estimate of drug-likeness (QED) is 0.797. The highest BCUT2D eigenvalue weighted by Crippen LogP contribution is 2.17. The zero-order valence-corrected chi connectivity index (χ0v) is 14.7. The summed E-state index contributed by atoms with van der Waals surface area (Å²) < 4.78 is 5.56. The van der Waals surface area contributed by atoms with Gasteiger partial charge in [-0.2, -0.15) is 0 Å². The predicted molar refractivity (Wildman–Crippen MR) is 96.3 cm³/mol. The number of para-hydroxylation sites is 1. The highest BCUT2D eigenvalue weighted by atomic mass is 16.5. The molecule has 0 N–H and O–H groups in total. The van der Waals surface area contributed by atoms with Crippen LogP contribution in [0.4, 0.5) is 5.69 Å². The number of ether oxygens (including phenoxy) is 1. The van der Waals surface area contributed by atoms with Gasteiger partial charge in [-0.15, -0.1) is 0 Å². The molecular weight excluding hydrogens is 302 g/mol. The monoisotopic (exact) mass is 331 g/mol. The van der Waals surface area contributed by atoms with Gasteiger partial charge in [0.15, 0.2) is 0 Å². The zero-order valence-electron chi connectivity index (χ0n) is 14.7. The molecule has 1 amide bonds. The van der Waals surface area contributed by atoms with Gasteiger partial charge >= 0.3 is 0 Å². The smallest absolute Gasteiger partial charge is 0.224 e. The lowest BCUT2D eigenvalue weighted by atomic mass is 10.1. The molecule has 2 heterocycles. The number of carbonyl (C=O) groups is 1. The maximum atomic E-state index is 12.2. The maximum absolute atomic E-state index is 12.2. The van der Waals surface area contributed by atoms with Crippen LogP contribution in [0.25, 0.3) is 0 Å². The largest absolute Gasteiger partial charge is 0.378 e. The Balaban J connectivity index is 1.36. The van der Waals surface area contributed by atoms with E-state index in [9.17, 15) is 4.79 Å². The van der Waals surface area contributed by atoms with Gasteiger partial charge in [0.2, 0.25) is 5.91 Å². The molecule has 2 saturated heterocycles. The third-order valence-corrected chi connectivity index (χ3v) is 5.10. The van der Waals surface area contributed by atoms with E-state index in [-0.39, 0.29) is 12.0 Å². The first-order valence-electron chi connectivity index (χ1n) is 9.10. The number of carbonyl (C=O) groups excluding carboxylic acids is 1. The molecule has 1 unspecified atom stereocenters. The topological polar surface area (TPSA) is 36.0 Å². The van der Waals surface area contributed by atoms with Crippen LogP contribution in [0.5, 0.6) is 0 Å². The molecule has 0 aromatic heterocycles. The Labute approximate surface area is 145 Å². The Morgan fingerprint density at radius 2 is 1.96 bits per heavy atom. The lowest BCUT2D eigenvalue weighted by Crippen LogP contribution is -2.48. The van der Waals surface area contributed by atoms with E-state index in [1.807, 2.05) is 11.9 Å². The Morgan fingerprint density at radius 3 is 2.62 bits per heavy atom. The standard InChI is InChI=1S/C19H29N3O2/c1-20(19(23)16-18-8-5-15-24-18)9-10-21-11-13-22(14-12-21)17-6-3-2-4-7-17/h2-4,6-7,18H,5,8-16H2,1H3. The van der Waals surface area contributed by atoms with E-state index in [4.69, 9.17) is 4.74 Å². The average molecular weight is 331 g/mol. The Kier molecular flexibility index (Phi) is 6.10. The second-order valence-electron chi connectivity index (χ2n) is 6.82. The molecule has 1 aromatic rings. The van der Waals surface area contributed by atoms with E-state index in [1.165, 1.54) is 5.69 Å². The Morgan fingerprint density at radius 1 is 1.21 bits per heavy atom. The van der Waals surface area contributed by atoms with Gasteiger partial charge in [-0.05, 0) is 25.0 Å². The third kappa shape index (κ3) is 4.71. The number of hydrogen-bond donors (Lipinski definition) is 0. The third-order valence-electron chi connectivity index (χ3n) is 5.10. The van der Waals surface area contributed by atoms with Gasteiger partial charge < -0.3 is 14.5 Å². The number of rotatable bonds is 6. The van der Waals surface area contributed by atoms with Gasteiger partial charge in [0.1, 0.15) is 0 Å². The summed E-state index contributed by atoms with van der Waals surface area (Å²) in [5, 5.41) is 0. The number of nitrogens with zero attached hydrogens (tertiary/aromatic N) is 3. The summed E-state index contributed by atoms with van der Waals surface area (Å²) in [6, 6.07) is 10.6. The van der Waals surface area contributed by atoms with E-state index in [0.29, 0.717) is 6.42 Å². The number of hydrogen-bond acceptors (Lipinski definition) is 4. The van der Waals surface area contributed by atoms with Gasteiger partial charge in [-0.25, -0.2) is 0 Å². The van der Waals surface area contributed by atoms with Gasteiger partial charge in [0.05, 0.1) is 12.5 Å². The molecule has 1 atom stereocenters. The van der Waals surface area contributed by atoms with Crippen molar-refractivity contribution in [1.29, 1.82) is 0 Å². The van der Waals surface area contributed by atoms with Gasteiger partial charge in [0.25, 0.3) is 0 Å². The molecule has 0 saturated carbocycles. The second kappa shape index (κ2) is 8.49. The van der Waals surface area contributed by atoms with Crippen LogP contribution < -0.4 is 4.90 Å². The van der Waals surface area contributed by atoms with Gasteiger partial charge in [-0.3, -0.25) is 9.69 Å². The summed E-state index contributed by atoms with van der Waals surface area (Å²) in [5.41, 5.74) is 1.31. The van der Waals surface area contributed by atoms with Crippen molar-refractivity contribution in [2.75, 3.05) is 57.8 Å².